The molecule has 7 nitrogen and oxygen atoms in total. The van der Waals surface area contributed by atoms with Crippen LogP contribution in [0.3, 0.4) is 0 Å². The first kappa shape index (κ1) is 17.8. The molecule has 3 heterocycles. The van der Waals surface area contributed by atoms with E-state index in [0.29, 0.717) is 12.0 Å². The highest BCUT2D eigenvalue weighted by molar-refractivity contribution is 4.89. The van der Waals surface area contributed by atoms with Gasteiger partial charge in [0.2, 0.25) is 5.82 Å². The van der Waals surface area contributed by atoms with Gasteiger partial charge in [-0.1, -0.05) is 13.8 Å². The van der Waals surface area contributed by atoms with E-state index in [-0.39, 0.29) is 6.10 Å². The Morgan fingerprint density at radius 1 is 1.25 bits per heavy atom. The van der Waals surface area contributed by atoms with Crippen LogP contribution in [-0.4, -0.2) is 65.6 Å². The zero-order valence-electron chi connectivity index (χ0n) is 15.5. The van der Waals surface area contributed by atoms with Crippen LogP contribution >= 0.6 is 0 Å². The Bertz CT molecular complexity index is 491. The van der Waals surface area contributed by atoms with E-state index in [1.807, 2.05) is 4.68 Å². The molecule has 2 N–H and O–H groups in total. The van der Waals surface area contributed by atoms with Gasteiger partial charge in [-0.3, -0.25) is 0 Å². The van der Waals surface area contributed by atoms with E-state index in [2.05, 4.69) is 36.3 Å². The second kappa shape index (κ2) is 8.36. The fraction of sp³-hybridized carbons (Fsp3) is 0.941. The number of ether oxygens (including phenoxy) is 1. The lowest BCUT2D eigenvalue weighted by Gasteiger charge is -2.34. The van der Waals surface area contributed by atoms with Gasteiger partial charge in [-0.25, -0.2) is 4.68 Å². The average molecular weight is 339 g/mol. The normalized spacial score (nSPS) is 29.2. The molecule has 3 rings (SSSR count). The van der Waals surface area contributed by atoms with Gasteiger partial charge in [0.1, 0.15) is 26.2 Å². The molecule has 1 aromatic heterocycles. The molecule has 2 fully saturated rings. The highest BCUT2D eigenvalue weighted by atomic mass is 16.5. The van der Waals surface area contributed by atoms with Crippen molar-refractivity contribution in [2.75, 3.05) is 39.3 Å². The maximum Gasteiger partial charge on any atom is 0.209 e. The van der Waals surface area contributed by atoms with Crippen molar-refractivity contribution in [1.29, 1.82) is 0 Å². The highest BCUT2D eigenvalue weighted by Gasteiger charge is 2.34. The van der Waals surface area contributed by atoms with E-state index < -0.39 is 0 Å². The maximum atomic E-state index is 5.79. The van der Waals surface area contributed by atoms with Crippen molar-refractivity contribution in [2.45, 2.75) is 58.7 Å². The number of likely N-dealkylation sites (N-methyl/N-ethyl adjacent to an activating group) is 1. The van der Waals surface area contributed by atoms with Crippen LogP contribution in [0, 0.1) is 5.92 Å². The van der Waals surface area contributed by atoms with Gasteiger partial charge in [-0.05, 0) is 36.1 Å². The number of nitrogens with one attached hydrogen (secondary N) is 2. The molecule has 0 bridgehead atoms. The van der Waals surface area contributed by atoms with Gasteiger partial charge in [0.15, 0.2) is 6.04 Å². The number of hydrogen-bond acceptors (Lipinski definition) is 4. The molecule has 0 spiro atoms. The van der Waals surface area contributed by atoms with Crippen LogP contribution in [0.1, 0.15) is 51.9 Å². The number of tetrazole rings is 1. The lowest BCUT2D eigenvalue weighted by molar-refractivity contribution is -1.03. The number of piperazine rings is 1. The van der Waals surface area contributed by atoms with E-state index in [1.165, 1.54) is 32.7 Å². The van der Waals surface area contributed by atoms with Gasteiger partial charge >= 0.3 is 0 Å². The van der Waals surface area contributed by atoms with Crippen molar-refractivity contribution in [2.24, 2.45) is 5.92 Å². The first-order valence-electron chi connectivity index (χ1n) is 9.73. The van der Waals surface area contributed by atoms with E-state index in [4.69, 9.17) is 4.74 Å². The lowest BCUT2D eigenvalue weighted by Crippen LogP contribution is -3.28. The molecule has 0 aliphatic carbocycles. The van der Waals surface area contributed by atoms with Crippen molar-refractivity contribution >= 4 is 0 Å². The SMILES string of the molecule is CC[NH+]1CC[NH+]([C@H](CC(C)C)c2nnnn2C[C@H]2CCCO2)CC1. The minimum Gasteiger partial charge on any atom is -0.376 e. The second-order valence-electron chi connectivity index (χ2n) is 7.80. The summed E-state index contributed by atoms with van der Waals surface area (Å²) in [6.45, 7) is 14.7. The fourth-order valence-electron chi connectivity index (χ4n) is 4.13. The van der Waals surface area contributed by atoms with E-state index in [9.17, 15) is 0 Å². The number of hydrogen-bond donors (Lipinski definition) is 2. The largest absolute Gasteiger partial charge is 0.376 e. The summed E-state index contributed by atoms with van der Waals surface area (Å²) >= 11 is 0. The summed E-state index contributed by atoms with van der Waals surface area (Å²) in [7, 11) is 0. The zero-order chi connectivity index (χ0) is 16.9. The van der Waals surface area contributed by atoms with Gasteiger partial charge < -0.3 is 14.5 Å². The molecule has 0 saturated carbocycles. The first-order valence-corrected chi connectivity index (χ1v) is 9.73. The third-order valence-electron chi connectivity index (χ3n) is 5.57. The second-order valence-corrected chi connectivity index (χ2v) is 7.80. The molecule has 1 aromatic rings. The summed E-state index contributed by atoms with van der Waals surface area (Å²) in [6, 6.07) is 0.403. The smallest absolute Gasteiger partial charge is 0.209 e. The van der Waals surface area contributed by atoms with E-state index in [1.54, 1.807) is 9.80 Å². The van der Waals surface area contributed by atoms with Crippen LogP contribution in [0.4, 0.5) is 0 Å². The Balaban J connectivity index is 1.72. The third-order valence-corrected chi connectivity index (χ3v) is 5.57. The Labute approximate surface area is 145 Å². The molecule has 24 heavy (non-hydrogen) atoms. The van der Waals surface area contributed by atoms with Gasteiger partial charge in [0, 0.05) is 13.0 Å². The maximum absolute atomic E-state index is 5.79. The van der Waals surface area contributed by atoms with Crippen LogP contribution in [-0.2, 0) is 11.3 Å². The number of quaternary nitrogens is 2. The summed E-state index contributed by atoms with van der Waals surface area (Å²) in [5, 5.41) is 12.7. The molecule has 2 aliphatic heterocycles. The molecule has 7 heteroatoms. The van der Waals surface area contributed by atoms with Crippen LogP contribution in [0.15, 0.2) is 0 Å². The van der Waals surface area contributed by atoms with Crippen molar-refractivity contribution in [3.63, 3.8) is 0 Å². The zero-order valence-corrected chi connectivity index (χ0v) is 15.5. The highest BCUT2D eigenvalue weighted by Crippen LogP contribution is 2.19. The lowest BCUT2D eigenvalue weighted by atomic mass is 10.0. The average Bonchev–Trinajstić information content (AvgIpc) is 3.25. The Morgan fingerprint density at radius 2 is 2.04 bits per heavy atom. The predicted octanol–water partition coefficient (Wildman–Crippen LogP) is -1.26. The molecule has 0 radical (unpaired) electrons. The summed E-state index contributed by atoms with van der Waals surface area (Å²) in [5.41, 5.74) is 0. The van der Waals surface area contributed by atoms with Gasteiger partial charge in [0.25, 0.3) is 0 Å². The summed E-state index contributed by atoms with van der Waals surface area (Å²) in [6.07, 6.45) is 3.70. The predicted molar refractivity (Wildman–Crippen MR) is 90.9 cm³/mol. The van der Waals surface area contributed by atoms with E-state index in [0.717, 1.165) is 38.2 Å². The molecule has 2 saturated heterocycles. The Hall–Kier alpha value is -1.05. The molecule has 0 amide bonds. The number of rotatable bonds is 7. The van der Waals surface area contributed by atoms with Gasteiger partial charge in [-0.2, -0.15) is 0 Å². The van der Waals surface area contributed by atoms with Crippen molar-refractivity contribution in [1.82, 2.24) is 20.2 Å². The third kappa shape index (κ3) is 4.32. The van der Waals surface area contributed by atoms with Crippen molar-refractivity contribution < 1.29 is 14.5 Å². The van der Waals surface area contributed by atoms with E-state index >= 15 is 0 Å². The summed E-state index contributed by atoms with van der Waals surface area (Å²) in [5.74, 6) is 1.71. The van der Waals surface area contributed by atoms with Crippen molar-refractivity contribution in [3.8, 4) is 0 Å². The Morgan fingerprint density at radius 3 is 2.67 bits per heavy atom. The standard InChI is InChI=1S/C17H32N6O/c1-4-21-7-9-22(10-8-21)16(12-14(2)3)17-18-19-20-23(17)13-15-6-5-11-24-15/h14-16H,4-13H2,1-3H3/p+2/t15-,16-/m1/s1. The van der Waals surface area contributed by atoms with Crippen LogP contribution in [0.25, 0.3) is 0 Å². The first-order chi connectivity index (χ1) is 11.7. The molecular weight excluding hydrogens is 304 g/mol. The van der Waals surface area contributed by atoms with Crippen LogP contribution < -0.4 is 9.80 Å². The van der Waals surface area contributed by atoms with Gasteiger partial charge in [0.05, 0.1) is 19.2 Å². The number of nitrogens with zero attached hydrogens (tertiary/aromatic N) is 4. The number of aromatic nitrogens is 4. The minimum atomic E-state index is 0.281. The molecule has 136 valence electrons. The topological polar surface area (TPSA) is 61.7 Å². The molecule has 2 atom stereocenters. The molecule has 2 aliphatic rings. The summed E-state index contributed by atoms with van der Waals surface area (Å²) in [4.78, 5) is 3.38. The molecule has 0 aromatic carbocycles. The molecular formula is C17H34N6O+2. The summed E-state index contributed by atoms with van der Waals surface area (Å²) < 4.78 is 7.81. The molecule has 0 unspecified atom stereocenters. The Kier molecular flexibility index (Phi) is 6.19. The van der Waals surface area contributed by atoms with Crippen LogP contribution in [0.5, 0.6) is 0 Å². The van der Waals surface area contributed by atoms with Crippen LogP contribution in [0.2, 0.25) is 0 Å². The van der Waals surface area contributed by atoms with Gasteiger partial charge in [-0.15, -0.1) is 5.10 Å². The quantitative estimate of drug-likeness (QED) is 0.652. The van der Waals surface area contributed by atoms with Crippen molar-refractivity contribution in [3.05, 3.63) is 5.82 Å². The minimum absolute atomic E-state index is 0.281. The monoisotopic (exact) mass is 338 g/mol. The fourth-order valence-corrected chi connectivity index (χ4v) is 4.13.